The van der Waals surface area contributed by atoms with Crippen LogP contribution in [0.4, 0.5) is 5.95 Å². The molecule has 2 rings (SSSR count). The van der Waals surface area contributed by atoms with E-state index in [2.05, 4.69) is 9.97 Å². The second-order valence-corrected chi connectivity index (χ2v) is 3.92. The predicted molar refractivity (Wildman–Crippen MR) is 67.5 cm³/mol. The number of rotatable bonds is 3. The Morgan fingerprint density at radius 2 is 1.94 bits per heavy atom. The van der Waals surface area contributed by atoms with Crippen LogP contribution in [0.5, 0.6) is 6.01 Å². The van der Waals surface area contributed by atoms with Crippen LogP contribution in [0.15, 0.2) is 29.1 Å². The third kappa shape index (κ3) is 2.48. The zero-order valence-electron chi connectivity index (χ0n) is 10.3. The summed E-state index contributed by atoms with van der Waals surface area (Å²) in [6.07, 6.45) is 0. The van der Waals surface area contributed by atoms with Gasteiger partial charge >= 0.3 is 11.7 Å². The number of hydrogen-bond acceptors (Lipinski definition) is 5. The highest BCUT2D eigenvalue weighted by Crippen LogP contribution is 2.07. The number of anilines is 1. The molecule has 6 heteroatoms. The fourth-order valence-corrected chi connectivity index (χ4v) is 1.54. The zero-order chi connectivity index (χ0) is 13.1. The average molecular weight is 246 g/mol. The molecule has 0 bridgehead atoms. The second kappa shape index (κ2) is 4.87. The maximum absolute atomic E-state index is 11.7. The van der Waals surface area contributed by atoms with Crippen molar-refractivity contribution in [3.05, 3.63) is 45.9 Å². The summed E-state index contributed by atoms with van der Waals surface area (Å²) in [4.78, 5) is 19.3. The maximum Gasteiger partial charge on any atom is 0.355 e. The number of nitrogen functional groups attached to an aromatic ring is 1. The largest absolute Gasteiger partial charge is 0.467 e. The molecule has 0 saturated carbocycles. The Morgan fingerprint density at radius 1 is 1.28 bits per heavy atom. The van der Waals surface area contributed by atoms with Crippen LogP contribution in [0, 0.1) is 6.92 Å². The molecule has 1 aromatic heterocycles. The third-order valence-electron chi connectivity index (χ3n) is 2.55. The van der Waals surface area contributed by atoms with Crippen molar-refractivity contribution >= 4 is 5.95 Å². The van der Waals surface area contributed by atoms with Gasteiger partial charge in [-0.25, -0.2) is 4.79 Å². The first-order valence-corrected chi connectivity index (χ1v) is 5.44. The van der Waals surface area contributed by atoms with E-state index in [0.29, 0.717) is 6.54 Å². The molecule has 0 aliphatic heterocycles. The molecule has 0 radical (unpaired) electrons. The van der Waals surface area contributed by atoms with Crippen LogP contribution in [0.25, 0.3) is 0 Å². The Bertz CT molecular complexity index is 604. The summed E-state index contributed by atoms with van der Waals surface area (Å²) >= 11 is 0. The SMILES string of the molecule is COc1nc(N)n(Cc2ccc(C)cc2)c(=O)n1. The molecule has 2 aromatic rings. The summed E-state index contributed by atoms with van der Waals surface area (Å²) in [5.74, 6) is 0.0902. The minimum absolute atomic E-state index is 0.0161. The van der Waals surface area contributed by atoms with Crippen LogP contribution < -0.4 is 16.2 Å². The van der Waals surface area contributed by atoms with Gasteiger partial charge in [-0.15, -0.1) is 4.98 Å². The van der Waals surface area contributed by atoms with Gasteiger partial charge in [0.25, 0.3) is 0 Å². The number of nitrogens with two attached hydrogens (primary N) is 1. The molecule has 0 saturated heterocycles. The smallest absolute Gasteiger partial charge is 0.355 e. The van der Waals surface area contributed by atoms with Crippen molar-refractivity contribution in [2.45, 2.75) is 13.5 Å². The second-order valence-electron chi connectivity index (χ2n) is 3.92. The Labute approximate surface area is 104 Å². The van der Waals surface area contributed by atoms with E-state index in [1.54, 1.807) is 0 Å². The lowest BCUT2D eigenvalue weighted by Gasteiger charge is -2.08. The van der Waals surface area contributed by atoms with Crippen molar-refractivity contribution < 1.29 is 4.74 Å². The Morgan fingerprint density at radius 3 is 2.50 bits per heavy atom. The van der Waals surface area contributed by atoms with E-state index >= 15 is 0 Å². The van der Waals surface area contributed by atoms with Gasteiger partial charge in [-0.05, 0) is 12.5 Å². The fourth-order valence-electron chi connectivity index (χ4n) is 1.54. The van der Waals surface area contributed by atoms with E-state index < -0.39 is 5.69 Å². The highest BCUT2D eigenvalue weighted by Gasteiger charge is 2.08. The molecular weight excluding hydrogens is 232 g/mol. The quantitative estimate of drug-likeness (QED) is 0.856. The van der Waals surface area contributed by atoms with Crippen molar-refractivity contribution in [3.63, 3.8) is 0 Å². The van der Waals surface area contributed by atoms with E-state index in [-0.39, 0.29) is 12.0 Å². The molecule has 0 atom stereocenters. The summed E-state index contributed by atoms with van der Waals surface area (Å²) in [6.45, 7) is 2.34. The number of ether oxygens (including phenoxy) is 1. The molecule has 0 spiro atoms. The minimum Gasteiger partial charge on any atom is -0.467 e. The molecule has 0 aliphatic rings. The molecule has 0 aliphatic carbocycles. The zero-order valence-corrected chi connectivity index (χ0v) is 10.3. The Balaban J connectivity index is 2.35. The number of methoxy groups -OCH3 is 1. The fraction of sp³-hybridized carbons (Fsp3) is 0.250. The van der Waals surface area contributed by atoms with Gasteiger partial charge in [-0.2, -0.15) is 4.98 Å². The van der Waals surface area contributed by atoms with Gasteiger partial charge in [0.15, 0.2) is 0 Å². The molecule has 1 heterocycles. The first-order chi connectivity index (χ1) is 8.60. The van der Waals surface area contributed by atoms with Gasteiger partial charge in [0, 0.05) is 0 Å². The number of nitrogens with zero attached hydrogens (tertiary/aromatic N) is 3. The molecule has 2 N–H and O–H groups in total. The Kier molecular flexibility index (Phi) is 3.27. The molecule has 0 fully saturated rings. The van der Waals surface area contributed by atoms with E-state index in [4.69, 9.17) is 10.5 Å². The number of benzene rings is 1. The Hall–Kier alpha value is -2.37. The van der Waals surface area contributed by atoms with Crippen molar-refractivity contribution in [1.82, 2.24) is 14.5 Å². The normalized spacial score (nSPS) is 10.3. The summed E-state index contributed by atoms with van der Waals surface area (Å²) in [5.41, 5.74) is 7.35. The maximum atomic E-state index is 11.7. The summed E-state index contributed by atoms with van der Waals surface area (Å²) in [7, 11) is 1.39. The van der Waals surface area contributed by atoms with Crippen LogP contribution >= 0.6 is 0 Å². The van der Waals surface area contributed by atoms with Gasteiger partial charge in [0.1, 0.15) is 0 Å². The average Bonchev–Trinajstić information content (AvgIpc) is 2.35. The van der Waals surface area contributed by atoms with Crippen LogP contribution in [-0.2, 0) is 6.54 Å². The molecule has 0 unspecified atom stereocenters. The first kappa shape index (κ1) is 12.1. The van der Waals surface area contributed by atoms with Gasteiger partial charge in [-0.1, -0.05) is 29.8 Å². The molecule has 0 amide bonds. The van der Waals surface area contributed by atoms with Gasteiger partial charge in [0.2, 0.25) is 5.95 Å². The summed E-state index contributed by atoms with van der Waals surface area (Å²) in [6, 6.07) is 7.80. The number of aryl methyl sites for hydroxylation is 1. The topological polar surface area (TPSA) is 83.0 Å². The lowest BCUT2D eigenvalue weighted by molar-refractivity contribution is 0.373. The van der Waals surface area contributed by atoms with Gasteiger partial charge < -0.3 is 10.5 Å². The first-order valence-electron chi connectivity index (χ1n) is 5.44. The van der Waals surface area contributed by atoms with Crippen LogP contribution in [0.2, 0.25) is 0 Å². The van der Waals surface area contributed by atoms with Gasteiger partial charge in [0.05, 0.1) is 13.7 Å². The van der Waals surface area contributed by atoms with Gasteiger partial charge in [-0.3, -0.25) is 4.57 Å². The van der Waals surface area contributed by atoms with Crippen molar-refractivity contribution in [3.8, 4) is 6.01 Å². The molecule has 18 heavy (non-hydrogen) atoms. The van der Waals surface area contributed by atoms with E-state index in [9.17, 15) is 4.79 Å². The van der Waals surface area contributed by atoms with E-state index in [1.165, 1.54) is 11.7 Å². The monoisotopic (exact) mass is 246 g/mol. The third-order valence-corrected chi connectivity index (χ3v) is 2.55. The van der Waals surface area contributed by atoms with Crippen molar-refractivity contribution in [1.29, 1.82) is 0 Å². The highest BCUT2D eigenvalue weighted by atomic mass is 16.5. The lowest BCUT2D eigenvalue weighted by atomic mass is 10.1. The van der Waals surface area contributed by atoms with E-state index in [1.807, 2.05) is 31.2 Å². The molecule has 94 valence electrons. The summed E-state index contributed by atoms with van der Waals surface area (Å²) < 4.78 is 6.08. The standard InChI is InChI=1S/C12H14N4O2/c1-8-3-5-9(6-4-8)7-16-10(13)14-11(18-2)15-12(16)17/h3-6H,7H2,1-2H3,(H2,13,14,15,17). The van der Waals surface area contributed by atoms with Crippen LogP contribution in [0.1, 0.15) is 11.1 Å². The lowest BCUT2D eigenvalue weighted by Crippen LogP contribution is -2.27. The molecule has 1 aromatic carbocycles. The molecule has 6 nitrogen and oxygen atoms in total. The summed E-state index contributed by atoms with van der Waals surface area (Å²) in [5, 5.41) is 0. The number of aromatic nitrogens is 3. The highest BCUT2D eigenvalue weighted by molar-refractivity contribution is 5.25. The predicted octanol–water partition coefficient (Wildman–Crippen LogP) is 0.586. The minimum atomic E-state index is -0.472. The number of hydrogen-bond donors (Lipinski definition) is 1. The molecular formula is C12H14N4O2. The van der Waals surface area contributed by atoms with Crippen LogP contribution in [0.3, 0.4) is 0 Å². The van der Waals surface area contributed by atoms with E-state index in [0.717, 1.165) is 11.1 Å². The van der Waals surface area contributed by atoms with Crippen molar-refractivity contribution in [2.24, 2.45) is 0 Å². The van der Waals surface area contributed by atoms with Crippen molar-refractivity contribution in [2.75, 3.05) is 12.8 Å². The van der Waals surface area contributed by atoms with Crippen LogP contribution in [-0.4, -0.2) is 21.6 Å².